The lowest BCUT2D eigenvalue weighted by Crippen LogP contribution is -1.96. The van der Waals surface area contributed by atoms with Crippen molar-refractivity contribution in [1.29, 1.82) is 0 Å². The van der Waals surface area contributed by atoms with Crippen molar-refractivity contribution in [2.75, 3.05) is 12.4 Å². The Morgan fingerprint density at radius 2 is 2.12 bits per heavy atom. The highest BCUT2D eigenvalue weighted by atomic mass is 32.2. The molecule has 1 N–H and O–H groups in total. The first-order valence-corrected chi connectivity index (χ1v) is 8.95. The molecular formula is C15H13N7OS2. The molecule has 0 spiro atoms. The Kier molecular flexibility index (Phi) is 4.20. The van der Waals surface area contributed by atoms with Gasteiger partial charge in [-0.1, -0.05) is 23.5 Å². The molecule has 0 saturated carbocycles. The third kappa shape index (κ3) is 3.26. The van der Waals surface area contributed by atoms with Crippen molar-refractivity contribution < 1.29 is 4.74 Å². The molecule has 126 valence electrons. The Morgan fingerprint density at radius 3 is 3.00 bits per heavy atom. The zero-order chi connectivity index (χ0) is 17.2. The number of fused-ring (bicyclic) bond motifs is 1. The van der Waals surface area contributed by atoms with Crippen LogP contribution in [-0.2, 0) is 0 Å². The van der Waals surface area contributed by atoms with Crippen LogP contribution in [0.2, 0.25) is 0 Å². The number of rotatable bonds is 5. The minimum atomic E-state index is 0.569. The quantitative estimate of drug-likeness (QED) is 0.535. The molecule has 3 aromatic heterocycles. The predicted molar refractivity (Wildman–Crippen MR) is 95.8 cm³/mol. The van der Waals surface area contributed by atoms with E-state index in [1.807, 2.05) is 37.3 Å². The lowest BCUT2D eigenvalue weighted by molar-refractivity contribution is 0.417. The zero-order valence-electron chi connectivity index (χ0n) is 13.4. The minimum absolute atomic E-state index is 0.569. The van der Waals surface area contributed by atoms with E-state index in [4.69, 9.17) is 4.74 Å². The van der Waals surface area contributed by atoms with Gasteiger partial charge in [0.15, 0.2) is 4.34 Å². The molecule has 0 radical (unpaired) electrons. The molecule has 4 aromatic rings. The number of nitrogens with one attached hydrogen (secondary N) is 1. The SMILES string of the molecule is COc1ccccc1Nc1nnc(Sc2cc(C)nc3ncnn23)s1. The Labute approximate surface area is 151 Å². The zero-order valence-corrected chi connectivity index (χ0v) is 15.0. The lowest BCUT2D eigenvalue weighted by Gasteiger charge is -2.07. The monoisotopic (exact) mass is 371 g/mol. The van der Waals surface area contributed by atoms with Gasteiger partial charge in [0, 0.05) is 5.69 Å². The van der Waals surface area contributed by atoms with Crippen LogP contribution in [0.5, 0.6) is 5.75 Å². The molecule has 0 amide bonds. The molecule has 25 heavy (non-hydrogen) atoms. The molecule has 10 heteroatoms. The lowest BCUT2D eigenvalue weighted by atomic mass is 10.3. The van der Waals surface area contributed by atoms with Crippen LogP contribution >= 0.6 is 23.1 Å². The van der Waals surface area contributed by atoms with Gasteiger partial charge in [0.1, 0.15) is 17.1 Å². The second-order valence-electron chi connectivity index (χ2n) is 5.01. The Balaban J connectivity index is 1.58. The molecule has 0 fully saturated rings. The maximum Gasteiger partial charge on any atom is 0.253 e. The van der Waals surface area contributed by atoms with Gasteiger partial charge in [-0.2, -0.15) is 14.6 Å². The fraction of sp³-hybridized carbons (Fsp3) is 0.133. The van der Waals surface area contributed by atoms with Crippen molar-refractivity contribution in [2.24, 2.45) is 0 Å². The Bertz CT molecular complexity index is 1030. The largest absolute Gasteiger partial charge is 0.495 e. The molecular weight excluding hydrogens is 358 g/mol. The van der Waals surface area contributed by atoms with Gasteiger partial charge in [-0.15, -0.1) is 10.2 Å². The van der Waals surface area contributed by atoms with Crippen LogP contribution in [0.15, 0.2) is 46.0 Å². The van der Waals surface area contributed by atoms with Crippen LogP contribution < -0.4 is 10.1 Å². The van der Waals surface area contributed by atoms with Crippen molar-refractivity contribution in [3.8, 4) is 5.75 Å². The van der Waals surface area contributed by atoms with Crippen LogP contribution in [0.1, 0.15) is 5.69 Å². The highest BCUT2D eigenvalue weighted by Crippen LogP contribution is 2.34. The molecule has 0 aliphatic heterocycles. The molecule has 0 aliphatic rings. The van der Waals surface area contributed by atoms with Crippen molar-refractivity contribution in [1.82, 2.24) is 29.8 Å². The molecule has 1 aromatic carbocycles. The van der Waals surface area contributed by atoms with Crippen LogP contribution in [0.25, 0.3) is 5.78 Å². The van der Waals surface area contributed by atoms with Gasteiger partial charge in [-0.3, -0.25) is 0 Å². The summed E-state index contributed by atoms with van der Waals surface area (Å²) in [5.74, 6) is 1.32. The van der Waals surface area contributed by atoms with Gasteiger partial charge in [-0.05, 0) is 36.9 Å². The number of anilines is 2. The molecule has 0 saturated heterocycles. The summed E-state index contributed by atoms with van der Waals surface area (Å²) < 4.78 is 7.81. The first-order chi connectivity index (χ1) is 12.2. The van der Waals surface area contributed by atoms with E-state index in [1.165, 1.54) is 29.4 Å². The van der Waals surface area contributed by atoms with Gasteiger partial charge in [0.25, 0.3) is 5.78 Å². The first-order valence-electron chi connectivity index (χ1n) is 7.32. The molecule has 4 rings (SSSR count). The van der Waals surface area contributed by atoms with Crippen molar-refractivity contribution in [3.05, 3.63) is 42.4 Å². The Hall–Kier alpha value is -2.72. The number of aryl methyl sites for hydroxylation is 1. The Morgan fingerprint density at radius 1 is 1.24 bits per heavy atom. The third-order valence-corrected chi connectivity index (χ3v) is 5.18. The molecule has 8 nitrogen and oxygen atoms in total. The molecule has 3 heterocycles. The molecule has 0 atom stereocenters. The van der Waals surface area contributed by atoms with Gasteiger partial charge < -0.3 is 10.1 Å². The van der Waals surface area contributed by atoms with E-state index in [2.05, 4.69) is 30.6 Å². The van der Waals surface area contributed by atoms with Crippen molar-refractivity contribution in [2.45, 2.75) is 16.3 Å². The van der Waals surface area contributed by atoms with Crippen LogP contribution in [0.4, 0.5) is 10.8 Å². The average molecular weight is 371 g/mol. The minimum Gasteiger partial charge on any atom is -0.495 e. The van der Waals surface area contributed by atoms with Gasteiger partial charge in [-0.25, -0.2) is 4.98 Å². The van der Waals surface area contributed by atoms with Crippen LogP contribution in [0, 0.1) is 6.92 Å². The number of nitrogens with zero attached hydrogens (tertiary/aromatic N) is 6. The molecule has 0 unspecified atom stereocenters. The molecule has 0 aliphatic carbocycles. The summed E-state index contributed by atoms with van der Waals surface area (Å²) in [6.07, 6.45) is 1.49. The van der Waals surface area contributed by atoms with Crippen molar-refractivity contribution >= 4 is 39.7 Å². The molecule has 0 bridgehead atoms. The number of aromatic nitrogens is 6. The van der Waals surface area contributed by atoms with Gasteiger partial charge in [0.05, 0.1) is 12.8 Å². The number of para-hydroxylation sites is 2. The number of benzene rings is 1. The number of hydrogen-bond donors (Lipinski definition) is 1. The fourth-order valence-corrected chi connectivity index (χ4v) is 4.08. The summed E-state index contributed by atoms with van der Waals surface area (Å²) in [5, 5.41) is 17.4. The summed E-state index contributed by atoms with van der Waals surface area (Å²) in [5.41, 5.74) is 1.72. The normalized spacial score (nSPS) is 11.0. The topological polar surface area (TPSA) is 90.1 Å². The average Bonchev–Trinajstić information content (AvgIpc) is 3.24. The standard InChI is InChI=1S/C15H13N7OS2/c1-9-7-12(22-13(18-9)16-8-17-22)24-15-21-20-14(25-15)19-10-5-3-4-6-11(10)23-2/h3-8H,1-2H3,(H,19,20). The summed E-state index contributed by atoms with van der Waals surface area (Å²) in [7, 11) is 1.64. The van der Waals surface area contributed by atoms with E-state index in [9.17, 15) is 0 Å². The van der Waals surface area contributed by atoms with E-state index in [-0.39, 0.29) is 0 Å². The second-order valence-corrected chi connectivity index (χ2v) is 7.25. The maximum atomic E-state index is 5.34. The third-order valence-electron chi connectivity index (χ3n) is 3.29. The highest BCUT2D eigenvalue weighted by molar-refractivity contribution is 8.01. The van der Waals surface area contributed by atoms with Crippen LogP contribution in [-0.4, -0.2) is 36.9 Å². The van der Waals surface area contributed by atoms with E-state index in [0.29, 0.717) is 10.9 Å². The second kappa shape index (κ2) is 6.65. The van der Waals surface area contributed by atoms with E-state index in [1.54, 1.807) is 11.6 Å². The van der Waals surface area contributed by atoms with Gasteiger partial charge >= 0.3 is 0 Å². The van der Waals surface area contributed by atoms with Gasteiger partial charge in [0.2, 0.25) is 5.13 Å². The van der Waals surface area contributed by atoms with E-state index < -0.39 is 0 Å². The summed E-state index contributed by atoms with van der Waals surface area (Å²) in [4.78, 5) is 8.47. The van der Waals surface area contributed by atoms with Crippen molar-refractivity contribution in [3.63, 3.8) is 0 Å². The fourth-order valence-electron chi connectivity index (χ4n) is 2.22. The number of ether oxygens (including phenoxy) is 1. The van der Waals surface area contributed by atoms with E-state index in [0.717, 1.165) is 26.5 Å². The summed E-state index contributed by atoms with van der Waals surface area (Å²) in [6.45, 7) is 1.92. The highest BCUT2D eigenvalue weighted by Gasteiger charge is 2.12. The van der Waals surface area contributed by atoms with Crippen LogP contribution in [0.3, 0.4) is 0 Å². The number of methoxy groups -OCH3 is 1. The maximum absolute atomic E-state index is 5.34. The summed E-state index contributed by atoms with van der Waals surface area (Å²) in [6, 6.07) is 9.61. The number of hydrogen-bond acceptors (Lipinski definition) is 9. The smallest absolute Gasteiger partial charge is 0.253 e. The summed E-state index contributed by atoms with van der Waals surface area (Å²) >= 11 is 2.92. The first kappa shape index (κ1) is 15.8. The van der Waals surface area contributed by atoms with E-state index >= 15 is 0 Å². The predicted octanol–water partition coefficient (Wildman–Crippen LogP) is 3.19.